The van der Waals surface area contributed by atoms with Gasteiger partial charge in [0.15, 0.2) is 5.82 Å². The third kappa shape index (κ3) is 3.07. The summed E-state index contributed by atoms with van der Waals surface area (Å²) in [5, 5.41) is 3.19. The lowest BCUT2D eigenvalue weighted by atomic mass is 10.1. The van der Waals surface area contributed by atoms with Gasteiger partial charge in [-0.05, 0) is 33.3 Å². The molecule has 4 heteroatoms. The molecule has 106 valence electrons. The van der Waals surface area contributed by atoms with Gasteiger partial charge in [-0.25, -0.2) is 4.98 Å². The Morgan fingerprint density at radius 1 is 1.20 bits per heavy atom. The number of rotatable bonds is 3. The van der Waals surface area contributed by atoms with Gasteiger partial charge in [0.1, 0.15) is 0 Å². The summed E-state index contributed by atoms with van der Waals surface area (Å²) in [7, 11) is 0. The molecule has 0 aliphatic rings. The Morgan fingerprint density at radius 2 is 1.85 bits per heavy atom. The van der Waals surface area contributed by atoms with E-state index < -0.39 is 0 Å². The first-order valence-corrected chi connectivity index (χ1v) is 6.79. The monoisotopic (exact) mass is 271 g/mol. The second-order valence-electron chi connectivity index (χ2n) is 5.90. The summed E-state index contributed by atoms with van der Waals surface area (Å²) in [5.74, 6) is 0.388. The summed E-state index contributed by atoms with van der Waals surface area (Å²) < 4.78 is 1.69. The minimum Gasteiger partial charge on any atom is -0.359 e. The zero-order valence-corrected chi connectivity index (χ0v) is 12.4. The summed E-state index contributed by atoms with van der Waals surface area (Å²) in [6.45, 7) is 8.02. The number of hydrogen-bond acceptors (Lipinski definition) is 3. The fourth-order valence-electron chi connectivity index (χ4n) is 2.07. The highest BCUT2D eigenvalue weighted by Gasteiger charge is 2.17. The molecule has 0 spiro atoms. The largest absolute Gasteiger partial charge is 0.359 e. The lowest BCUT2D eigenvalue weighted by molar-refractivity contribution is 0.383. The van der Waals surface area contributed by atoms with Gasteiger partial charge in [-0.2, -0.15) is 0 Å². The van der Waals surface area contributed by atoms with Crippen LogP contribution in [0.2, 0.25) is 0 Å². The summed E-state index contributed by atoms with van der Waals surface area (Å²) >= 11 is 0. The molecule has 0 fully saturated rings. The predicted molar refractivity (Wildman–Crippen MR) is 82.0 cm³/mol. The third-order valence-corrected chi connectivity index (χ3v) is 3.22. The molecule has 0 saturated heterocycles. The van der Waals surface area contributed by atoms with Crippen molar-refractivity contribution in [3.63, 3.8) is 0 Å². The predicted octanol–water partition coefficient (Wildman–Crippen LogP) is 3.17. The summed E-state index contributed by atoms with van der Waals surface area (Å²) in [6.07, 6.45) is 3.38. The Morgan fingerprint density at radius 3 is 2.45 bits per heavy atom. The first-order valence-electron chi connectivity index (χ1n) is 6.79. The minimum atomic E-state index is -0.258. The SMILES string of the molecule is CC(Nc1nccn(C(C)(C)C)c1=O)c1ccccc1. The number of nitrogens with one attached hydrogen (secondary N) is 1. The molecule has 1 N–H and O–H groups in total. The molecule has 2 aromatic rings. The summed E-state index contributed by atoms with van der Waals surface area (Å²) in [6, 6.07) is 10.0. The van der Waals surface area contributed by atoms with Gasteiger partial charge in [0.05, 0.1) is 6.04 Å². The van der Waals surface area contributed by atoms with Crippen molar-refractivity contribution >= 4 is 5.82 Å². The van der Waals surface area contributed by atoms with Crippen molar-refractivity contribution in [1.29, 1.82) is 0 Å². The van der Waals surface area contributed by atoms with Crippen molar-refractivity contribution in [1.82, 2.24) is 9.55 Å². The lowest BCUT2D eigenvalue weighted by Crippen LogP contribution is -2.35. The van der Waals surface area contributed by atoms with E-state index in [1.165, 1.54) is 0 Å². The van der Waals surface area contributed by atoms with Crippen LogP contribution >= 0.6 is 0 Å². The highest BCUT2D eigenvalue weighted by Crippen LogP contribution is 2.16. The van der Waals surface area contributed by atoms with Crippen LogP contribution in [0.5, 0.6) is 0 Å². The van der Waals surface area contributed by atoms with Gasteiger partial charge in [-0.3, -0.25) is 4.79 Å². The van der Waals surface area contributed by atoms with Gasteiger partial charge in [0.25, 0.3) is 5.56 Å². The van der Waals surface area contributed by atoms with Gasteiger partial charge < -0.3 is 9.88 Å². The fraction of sp³-hybridized carbons (Fsp3) is 0.375. The van der Waals surface area contributed by atoms with E-state index in [4.69, 9.17) is 0 Å². The van der Waals surface area contributed by atoms with E-state index in [-0.39, 0.29) is 17.1 Å². The van der Waals surface area contributed by atoms with E-state index in [1.54, 1.807) is 17.0 Å². The second kappa shape index (κ2) is 5.49. The minimum absolute atomic E-state index is 0.0345. The molecule has 1 atom stereocenters. The molecule has 0 bridgehead atoms. The summed E-state index contributed by atoms with van der Waals surface area (Å²) in [5.41, 5.74) is 0.773. The number of benzene rings is 1. The van der Waals surface area contributed by atoms with Crippen LogP contribution in [-0.4, -0.2) is 9.55 Å². The van der Waals surface area contributed by atoms with Crippen molar-refractivity contribution in [2.45, 2.75) is 39.3 Å². The van der Waals surface area contributed by atoms with Crippen LogP contribution in [0.1, 0.15) is 39.3 Å². The second-order valence-corrected chi connectivity index (χ2v) is 5.90. The topological polar surface area (TPSA) is 46.9 Å². The zero-order valence-electron chi connectivity index (χ0n) is 12.4. The normalized spacial score (nSPS) is 13.0. The van der Waals surface area contributed by atoms with E-state index in [9.17, 15) is 4.79 Å². The van der Waals surface area contributed by atoms with Crippen molar-refractivity contribution in [2.24, 2.45) is 0 Å². The molecule has 1 aromatic carbocycles. The van der Waals surface area contributed by atoms with E-state index in [0.29, 0.717) is 5.82 Å². The highest BCUT2D eigenvalue weighted by atomic mass is 16.1. The van der Waals surface area contributed by atoms with Crippen LogP contribution in [0.25, 0.3) is 0 Å². The molecule has 4 nitrogen and oxygen atoms in total. The Labute approximate surface area is 119 Å². The maximum atomic E-state index is 12.4. The van der Waals surface area contributed by atoms with Gasteiger partial charge in [0, 0.05) is 17.9 Å². The molecule has 0 aliphatic carbocycles. The van der Waals surface area contributed by atoms with E-state index in [0.717, 1.165) is 5.56 Å². The van der Waals surface area contributed by atoms with Crippen LogP contribution in [0, 0.1) is 0 Å². The highest BCUT2D eigenvalue weighted by molar-refractivity contribution is 5.36. The Kier molecular flexibility index (Phi) is 3.93. The lowest BCUT2D eigenvalue weighted by Gasteiger charge is -2.23. The van der Waals surface area contributed by atoms with E-state index >= 15 is 0 Å². The van der Waals surface area contributed by atoms with E-state index in [1.807, 2.05) is 58.0 Å². The van der Waals surface area contributed by atoms with Crippen molar-refractivity contribution in [2.75, 3.05) is 5.32 Å². The molecule has 20 heavy (non-hydrogen) atoms. The Hall–Kier alpha value is -2.10. The number of nitrogens with zero attached hydrogens (tertiary/aromatic N) is 2. The van der Waals surface area contributed by atoms with Gasteiger partial charge in [-0.1, -0.05) is 30.3 Å². The summed E-state index contributed by atoms with van der Waals surface area (Å²) in [4.78, 5) is 16.6. The number of hydrogen-bond donors (Lipinski definition) is 1. The van der Waals surface area contributed by atoms with Gasteiger partial charge in [0.2, 0.25) is 0 Å². The zero-order chi connectivity index (χ0) is 14.8. The third-order valence-electron chi connectivity index (χ3n) is 3.22. The molecule has 0 aliphatic heterocycles. The Balaban J connectivity index is 2.29. The standard InChI is InChI=1S/C16H21N3O/c1-12(13-8-6-5-7-9-13)18-14-15(20)19(11-10-17-14)16(2,3)4/h5-12H,1-4H3,(H,17,18). The van der Waals surface area contributed by atoms with Crippen molar-refractivity contribution < 1.29 is 0 Å². The number of anilines is 1. The van der Waals surface area contributed by atoms with Crippen LogP contribution in [0.3, 0.4) is 0 Å². The van der Waals surface area contributed by atoms with Gasteiger partial charge in [-0.15, -0.1) is 0 Å². The molecular weight excluding hydrogens is 250 g/mol. The van der Waals surface area contributed by atoms with Gasteiger partial charge >= 0.3 is 0 Å². The maximum Gasteiger partial charge on any atom is 0.293 e. The molecule has 1 aromatic heterocycles. The molecule has 0 amide bonds. The van der Waals surface area contributed by atoms with Crippen LogP contribution in [0.15, 0.2) is 47.5 Å². The molecule has 1 unspecified atom stereocenters. The molecule has 1 heterocycles. The van der Waals surface area contributed by atoms with Crippen LogP contribution in [-0.2, 0) is 5.54 Å². The molecular formula is C16H21N3O. The molecule has 0 radical (unpaired) electrons. The first kappa shape index (κ1) is 14.3. The fourth-order valence-corrected chi connectivity index (χ4v) is 2.07. The smallest absolute Gasteiger partial charge is 0.293 e. The maximum absolute atomic E-state index is 12.4. The molecule has 0 saturated carbocycles. The average Bonchev–Trinajstić information content (AvgIpc) is 2.40. The average molecular weight is 271 g/mol. The van der Waals surface area contributed by atoms with Crippen molar-refractivity contribution in [3.05, 3.63) is 58.6 Å². The first-order chi connectivity index (χ1) is 9.39. The molecule has 2 rings (SSSR count). The quantitative estimate of drug-likeness (QED) is 0.932. The van der Waals surface area contributed by atoms with Crippen molar-refractivity contribution in [3.8, 4) is 0 Å². The van der Waals surface area contributed by atoms with Crippen LogP contribution in [0.4, 0.5) is 5.82 Å². The van der Waals surface area contributed by atoms with E-state index in [2.05, 4.69) is 10.3 Å². The Bertz CT molecular complexity index is 626. The van der Waals surface area contributed by atoms with Crippen LogP contribution < -0.4 is 10.9 Å². The number of aromatic nitrogens is 2.